The third-order valence-electron chi connectivity index (χ3n) is 6.14. The third kappa shape index (κ3) is 14.5. The number of thioether (sulfide) groups is 1. The third-order valence-corrected chi connectivity index (χ3v) is 7.18. The second-order valence-electron chi connectivity index (χ2n) is 9.23. The van der Waals surface area contributed by atoms with Crippen LogP contribution in [0.3, 0.4) is 0 Å². The number of hydrogen-bond donors (Lipinski definition) is 1. The van der Waals surface area contributed by atoms with E-state index in [4.69, 9.17) is 5.11 Å². The first kappa shape index (κ1) is 29.7. The Labute approximate surface area is 206 Å². The number of aliphatic imine (C=N–C) groups is 1. The Morgan fingerprint density at radius 2 is 1.24 bits per heavy atom. The van der Waals surface area contributed by atoms with Crippen LogP contribution in [0.5, 0.6) is 0 Å². The predicted molar refractivity (Wildman–Crippen MR) is 142 cm³/mol. The number of amides is 1. The summed E-state index contributed by atoms with van der Waals surface area (Å²) in [6.07, 6.45) is 23.5. The van der Waals surface area contributed by atoms with Gasteiger partial charge in [-0.25, -0.2) is 4.79 Å². The molecule has 190 valence electrons. The van der Waals surface area contributed by atoms with E-state index in [2.05, 4.69) is 18.8 Å². The smallest absolute Gasteiger partial charge is 0.329 e. The van der Waals surface area contributed by atoms with E-state index < -0.39 is 5.97 Å². The lowest BCUT2D eigenvalue weighted by atomic mass is 10.1. The molecule has 1 rings (SSSR count). The van der Waals surface area contributed by atoms with Crippen LogP contribution >= 0.6 is 11.8 Å². The molecule has 0 aliphatic carbocycles. The number of rotatable bonds is 21. The van der Waals surface area contributed by atoms with E-state index in [-0.39, 0.29) is 10.8 Å². The van der Waals surface area contributed by atoms with Gasteiger partial charge in [-0.3, -0.25) is 14.7 Å². The molecule has 0 aromatic rings. The first-order valence-corrected chi connectivity index (χ1v) is 14.4. The topological polar surface area (TPSA) is 70.0 Å². The van der Waals surface area contributed by atoms with Gasteiger partial charge >= 0.3 is 5.97 Å². The Morgan fingerprint density at radius 3 is 1.73 bits per heavy atom. The van der Waals surface area contributed by atoms with Crippen LogP contribution in [0.1, 0.15) is 129 Å². The SMILES string of the molecule is CCCCCCCCCCCN=C1SC(=CC(=O)O)C(=O)N1CCCCCCCCCCC. The maximum absolute atomic E-state index is 12.7. The quantitative estimate of drug-likeness (QED) is 0.134. The van der Waals surface area contributed by atoms with Crippen molar-refractivity contribution < 1.29 is 14.7 Å². The summed E-state index contributed by atoms with van der Waals surface area (Å²) < 4.78 is 0. The molecular formula is C27H48N2O3S. The van der Waals surface area contributed by atoms with Gasteiger partial charge in [-0.05, 0) is 24.6 Å². The molecular weight excluding hydrogens is 432 g/mol. The van der Waals surface area contributed by atoms with Crippen molar-refractivity contribution in [3.8, 4) is 0 Å². The molecule has 1 fully saturated rings. The Bertz CT molecular complexity index is 604. The summed E-state index contributed by atoms with van der Waals surface area (Å²) in [5, 5.41) is 9.77. The van der Waals surface area contributed by atoms with Crippen molar-refractivity contribution >= 4 is 28.8 Å². The number of hydrogen-bond acceptors (Lipinski definition) is 4. The fourth-order valence-electron chi connectivity index (χ4n) is 4.11. The molecule has 5 nitrogen and oxygen atoms in total. The number of carboxylic acids is 1. The van der Waals surface area contributed by atoms with Crippen molar-refractivity contribution in [3.05, 3.63) is 11.0 Å². The molecule has 0 saturated carbocycles. The van der Waals surface area contributed by atoms with E-state index >= 15 is 0 Å². The van der Waals surface area contributed by atoms with Gasteiger partial charge < -0.3 is 5.11 Å². The number of unbranched alkanes of at least 4 members (excludes halogenated alkanes) is 16. The molecule has 0 bridgehead atoms. The van der Waals surface area contributed by atoms with Gasteiger partial charge in [-0.2, -0.15) is 0 Å². The summed E-state index contributed by atoms with van der Waals surface area (Å²) in [6.45, 7) is 5.83. The fourth-order valence-corrected chi connectivity index (χ4v) is 5.11. The van der Waals surface area contributed by atoms with Crippen molar-refractivity contribution in [1.82, 2.24) is 4.90 Å². The van der Waals surface area contributed by atoms with Gasteiger partial charge in [0.25, 0.3) is 5.91 Å². The number of carbonyl (C=O) groups excluding carboxylic acids is 1. The van der Waals surface area contributed by atoms with Crippen LogP contribution < -0.4 is 0 Å². The van der Waals surface area contributed by atoms with Crippen LogP contribution in [0.2, 0.25) is 0 Å². The molecule has 1 N–H and O–H groups in total. The number of nitrogens with zero attached hydrogens (tertiary/aromatic N) is 2. The molecule has 1 amide bonds. The van der Waals surface area contributed by atoms with Crippen molar-refractivity contribution in [2.75, 3.05) is 13.1 Å². The Kier molecular flexibility index (Phi) is 18.1. The van der Waals surface area contributed by atoms with Gasteiger partial charge in [0.1, 0.15) is 0 Å². The highest BCUT2D eigenvalue weighted by Gasteiger charge is 2.33. The van der Waals surface area contributed by atoms with Gasteiger partial charge in [-0.15, -0.1) is 0 Å². The lowest BCUT2D eigenvalue weighted by Gasteiger charge is -2.15. The van der Waals surface area contributed by atoms with E-state index in [1.54, 1.807) is 4.90 Å². The minimum Gasteiger partial charge on any atom is -0.478 e. The van der Waals surface area contributed by atoms with Gasteiger partial charge in [0.15, 0.2) is 5.17 Å². The molecule has 1 saturated heterocycles. The zero-order chi connectivity index (χ0) is 24.2. The minimum absolute atomic E-state index is 0.201. The van der Waals surface area contributed by atoms with Crippen molar-refractivity contribution in [3.63, 3.8) is 0 Å². The molecule has 1 aliphatic rings. The van der Waals surface area contributed by atoms with Crippen molar-refractivity contribution in [2.24, 2.45) is 4.99 Å². The molecule has 0 aromatic carbocycles. The van der Waals surface area contributed by atoms with Crippen LogP contribution in [0, 0.1) is 0 Å². The first-order valence-electron chi connectivity index (χ1n) is 13.6. The number of amidine groups is 1. The molecule has 0 radical (unpaired) electrons. The molecule has 0 atom stereocenters. The summed E-state index contributed by atoms with van der Waals surface area (Å²) >= 11 is 1.22. The van der Waals surface area contributed by atoms with E-state index in [9.17, 15) is 9.59 Å². The van der Waals surface area contributed by atoms with Crippen LogP contribution in [0.25, 0.3) is 0 Å². The van der Waals surface area contributed by atoms with Crippen LogP contribution in [-0.4, -0.2) is 40.1 Å². The lowest BCUT2D eigenvalue weighted by Crippen LogP contribution is -2.30. The van der Waals surface area contributed by atoms with Crippen molar-refractivity contribution in [1.29, 1.82) is 0 Å². The number of carboxylic acid groups (broad SMARTS) is 1. The van der Waals surface area contributed by atoms with E-state index in [0.717, 1.165) is 25.3 Å². The highest BCUT2D eigenvalue weighted by molar-refractivity contribution is 8.18. The standard InChI is InChI=1S/C27H48N2O3S/c1-3-5-7-9-11-13-15-17-19-21-28-27-29(26(32)24(33-27)23-25(30)31)22-20-18-16-14-12-10-8-6-4-2/h23H,3-22H2,1-2H3,(H,30,31). The second kappa shape index (κ2) is 20.1. The zero-order valence-electron chi connectivity index (χ0n) is 21.3. The van der Waals surface area contributed by atoms with Crippen LogP contribution in [0.15, 0.2) is 16.0 Å². The van der Waals surface area contributed by atoms with Crippen LogP contribution in [-0.2, 0) is 9.59 Å². The summed E-state index contributed by atoms with van der Waals surface area (Å²) in [5.41, 5.74) is 0. The number of carbonyl (C=O) groups is 2. The molecule has 0 unspecified atom stereocenters. The van der Waals surface area contributed by atoms with Crippen molar-refractivity contribution in [2.45, 2.75) is 129 Å². The Balaban J connectivity index is 2.35. The fraction of sp³-hybridized carbons (Fsp3) is 0.815. The largest absolute Gasteiger partial charge is 0.478 e. The van der Waals surface area contributed by atoms with E-state index in [1.165, 1.54) is 108 Å². The number of aliphatic carboxylic acids is 1. The Morgan fingerprint density at radius 1 is 0.788 bits per heavy atom. The van der Waals surface area contributed by atoms with E-state index in [1.807, 2.05) is 0 Å². The average molecular weight is 481 g/mol. The predicted octanol–water partition coefficient (Wildman–Crippen LogP) is 7.95. The Hall–Kier alpha value is -1.30. The maximum atomic E-state index is 12.7. The molecule has 1 heterocycles. The normalized spacial score (nSPS) is 16.4. The molecule has 6 heteroatoms. The minimum atomic E-state index is -1.07. The average Bonchev–Trinajstić information content (AvgIpc) is 3.07. The molecule has 33 heavy (non-hydrogen) atoms. The summed E-state index contributed by atoms with van der Waals surface area (Å²) in [5.74, 6) is -1.28. The summed E-state index contributed by atoms with van der Waals surface area (Å²) in [6, 6.07) is 0. The lowest BCUT2D eigenvalue weighted by molar-refractivity contribution is -0.132. The van der Waals surface area contributed by atoms with Gasteiger partial charge in [-0.1, -0.05) is 117 Å². The molecule has 1 aliphatic heterocycles. The highest BCUT2D eigenvalue weighted by atomic mass is 32.2. The molecule has 0 aromatic heterocycles. The maximum Gasteiger partial charge on any atom is 0.329 e. The second-order valence-corrected chi connectivity index (χ2v) is 10.2. The van der Waals surface area contributed by atoms with Gasteiger partial charge in [0.2, 0.25) is 0 Å². The van der Waals surface area contributed by atoms with Gasteiger partial charge in [0, 0.05) is 19.2 Å². The summed E-state index contributed by atoms with van der Waals surface area (Å²) in [7, 11) is 0. The highest BCUT2D eigenvalue weighted by Crippen LogP contribution is 2.31. The van der Waals surface area contributed by atoms with Crippen LogP contribution in [0.4, 0.5) is 0 Å². The van der Waals surface area contributed by atoms with E-state index in [0.29, 0.717) is 18.3 Å². The molecule has 0 spiro atoms. The van der Waals surface area contributed by atoms with Gasteiger partial charge in [0.05, 0.1) is 4.91 Å². The summed E-state index contributed by atoms with van der Waals surface area (Å²) in [4.78, 5) is 30.4. The monoisotopic (exact) mass is 480 g/mol. The zero-order valence-corrected chi connectivity index (χ0v) is 22.1. The first-order chi connectivity index (χ1) is 16.1.